The summed E-state index contributed by atoms with van der Waals surface area (Å²) in [5.74, 6) is -0.418. The van der Waals surface area contributed by atoms with E-state index in [1.807, 2.05) is 32.9 Å². The Morgan fingerprint density at radius 1 is 1.09 bits per heavy atom. The summed E-state index contributed by atoms with van der Waals surface area (Å²) in [4.78, 5) is 27.8. The predicted octanol–water partition coefficient (Wildman–Crippen LogP) is 4.25. The quantitative estimate of drug-likeness (QED) is 0.264. The average Bonchev–Trinajstić information content (AvgIpc) is 3.05. The van der Waals surface area contributed by atoms with Gasteiger partial charge < -0.3 is 24.2 Å². The lowest BCUT2D eigenvalue weighted by atomic mass is 9.93. The molecule has 0 radical (unpaired) electrons. The summed E-state index contributed by atoms with van der Waals surface area (Å²) >= 11 is 0. The number of amides is 1. The molecule has 2 aromatic carbocycles. The second kappa shape index (κ2) is 10.5. The number of likely N-dealkylation sites (tertiary alicyclic amines) is 1. The van der Waals surface area contributed by atoms with Crippen molar-refractivity contribution >= 4 is 17.4 Å². The first-order valence-corrected chi connectivity index (χ1v) is 11.0. The number of Topliss-reactive ketones (excluding diaryl/α,β-unsaturated/α-hetero) is 1. The highest BCUT2D eigenvalue weighted by molar-refractivity contribution is 6.46. The molecule has 7 heteroatoms. The minimum atomic E-state index is -0.776. The lowest BCUT2D eigenvalue weighted by molar-refractivity contribution is -0.140. The topological polar surface area (TPSA) is 85.3 Å². The van der Waals surface area contributed by atoms with Crippen LogP contribution in [0.3, 0.4) is 0 Å². The number of aryl methyl sites for hydroxylation is 1. The van der Waals surface area contributed by atoms with Crippen LogP contribution in [-0.2, 0) is 14.3 Å². The van der Waals surface area contributed by atoms with Gasteiger partial charge in [-0.3, -0.25) is 9.59 Å². The first-order chi connectivity index (χ1) is 15.8. The number of carbonyl (C=O) groups is 2. The second-order valence-corrected chi connectivity index (χ2v) is 8.19. The van der Waals surface area contributed by atoms with Crippen LogP contribution < -0.4 is 9.47 Å². The van der Waals surface area contributed by atoms with Gasteiger partial charge in [-0.2, -0.15) is 0 Å². The van der Waals surface area contributed by atoms with Gasteiger partial charge in [0.05, 0.1) is 31.9 Å². The number of hydrogen-bond donors (Lipinski definition) is 1. The Morgan fingerprint density at radius 2 is 1.82 bits per heavy atom. The molecule has 1 unspecified atom stereocenters. The molecule has 1 heterocycles. The number of ketones is 1. The highest BCUT2D eigenvalue weighted by Crippen LogP contribution is 2.43. The molecular weight excluding hydrogens is 422 g/mol. The standard InChI is InChI=1S/C26H31NO6/c1-16(2)33-14-8-13-27-23(20-9-6-7-10-21(20)32-5)22(25(29)26(27)30)24(28)19-12-11-18(31-4)15-17(19)3/h6-7,9-12,15-16,23,28H,8,13-14H2,1-5H3/b24-22+. The molecule has 0 saturated carbocycles. The van der Waals surface area contributed by atoms with E-state index in [0.29, 0.717) is 42.2 Å². The highest BCUT2D eigenvalue weighted by Gasteiger charge is 2.46. The molecule has 176 valence electrons. The van der Waals surface area contributed by atoms with E-state index >= 15 is 0 Å². The van der Waals surface area contributed by atoms with E-state index in [1.54, 1.807) is 37.4 Å². The third kappa shape index (κ3) is 5.03. The maximum Gasteiger partial charge on any atom is 0.295 e. The Bertz CT molecular complexity index is 1060. The van der Waals surface area contributed by atoms with Gasteiger partial charge in [-0.05, 0) is 57.0 Å². The van der Waals surface area contributed by atoms with Crippen LogP contribution in [0.25, 0.3) is 5.76 Å². The molecule has 1 aliphatic rings. The smallest absolute Gasteiger partial charge is 0.295 e. The molecule has 7 nitrogen and oxygen atoms in total. The molecule has 1 N–H and O–H groups in total. The molecule has 0 bridgehead atoms. The van der Waals surface area contributed by atoms with Crippen LogP contribution in [0.5, 0.6) is 11.5 Å². The zero-order valence-corrected chi connectivity index (χ0v) is 19.8. The van der Waals surface area contributed by atoms with Crippen molar-refractivity contribution < 1.29 is 28.9 Å². The van der Waals surface area contributed by atoms with Crippen LogP contribution in [-0.4, -0.2) is 55.2 Å². The number of para-hydroxylation sites is 1. The summed E-state index contributed by atoms with van der Waals surface area (Å²) < 4.78 is 16.4. The number of benzene rings is 2. The minimum absolute atomic E-state index is 0.0440. The molecule has 2 aromatic rings. The summed E-state index contributed by atoms with van der Waals surface area (Å²) in [6.45, 7) is 6.46. The SMILES string of the molecule is COc1ccc(/C(O)=C2\C(=O)C(=O)N(CCCOC(C)C)C2c2ccccc2OC)c(C)c1. The maximum atomic E-state index is 13.2. The fourth-order valence-electron chi connectivity index (χ4n) is 4.05. The van der Waals surface area contributed by atoms with E-state index < -0.39 is 17.7 Å². The van der Waals surface area contributed by atoms with Crippen LogP contribution >= 0.6 is 0 Å². The number of methoxy groups -OCH3 is 2. The van der Waals surface area contributed by atoms with Crippen molar-refractivity contribution in [3.8, 4) is 11.5 Å². The van der Waals surface area contributed by atoms with Gasteiger partial charge in [-0.1, -0.05) is 18.2 Å². The number of rotatable bonds is 9. The molecule has 1 aliphatic heterocycles. The molecule has 0 spiro atoms. The first kappa shape index (κ1) is 24.3. The van der Waals surface area contributed by atoms with Crippen molar-refractivity contribution in [3.05, 3.63) is 64.7 Å². The van der Waals surface area contributed by atoms with Crippen molar-refractivity contribution in [1.29, 1.82) is 0 Å². The van der Waals surface area contributed by atoms with Crippen LogP contribution in [0, 0.1) is 6.92 Å². The normalized spacial score (nSPS) is 17.6. The summed E-state index contributed by atoms with van der Waals surface area (Å²) in [7, 11) is 3.10. The number of hydrogen-bond acceptors (Lipinski definition) is 6. The summed E-state index contributed by atoms with van der Waals surface area (Å²) in [5.41, 5.74) is 1.87. The highest BCUT2D eigenvalue weighted by atomic mass is 16.5. The van der Waals surface area contributed by atoms with E-state index in [-0.39, 0.29) is 17.4 Å². The Hall–Kier alpha value is -3.32. The minimum Gasteiger partial charge on any atom is -0.507 e. The molecule has 0 aromatic heterocycles. The number of aliphatic hydroxyl groups excluding tert-OH is 1. The molecule has 1 saturated heterocycles. The van der Waals surface area contributed by atoms with Gasteiger partial charge in [0, 0.05) is 24.3 Å². The fourth-order valence-corrected chi connectivity index (χ4v) is 4.05. The van der Waals surface area contributed by atoms with Gasteiger partial charge in [0.2, 0.25) is 0 Å². The van der Waals surface area contributed by atoms with E-state index in [1.165, 1.54) is 12.0 Å². The Morgan fingerprint density at radius 3 is 2.45 bits per heavy atom. The number of aliphatic hydroxyl groups is 1. The van der Waals surface area contributed by atoms with E-state index in [9.17, 15) is 14.7 Å². The predicted molar refractivity (Wildman–Crippen MR) is 125 cm³/mol. The first-order valence-electron chi connectivity index (χ1n) is 11.0. The van der Waals surface area contributed by atoms with Gasteiger partial charge in [0.25, 0.3) is 11.7 Å². The molecule has 33 heavy (non-hydrogen) atoms. The molecule has 3 rings (SSSR count). The zero-order valence-electron chi connectivity index (χ0n) is 19.8. The van der Waals surface area contributed by atoms with Crippen LogP contribution in [0.1, 0.15) is 43.0 Å². The van der Waals surface area contributed by atoms with Crippen molar-refractivity contribution in [2.45, 2.75) is 39.3 Å². The zero-order chi connectivity index (χ0) is 24.1. The van der Waals surface area contributed by atoms with E-state index in [2.05, 4.69) is 0 Å². The van der Waals surface area contributed by atoms with Crippen LogP contribution in [0.2, 0.25) is 0 Å². The maximum absolute atomic E-state index is 13.2. The molecule has 0 aliphatic carbocycles. The van der Waals surface area contributed by atoms with Gasteiger partial charge >= 0.3 is 0 Å². The number of nitrogens with zero attached hydrogens (tertiary/aromatic N) is 1. The monoisotopic (exact) mass is 453 g/mol. The fraction of sp³-hybridized carbons (Fsp3) is 0.385. The lowest BCUT2D eigenvalue weighted by Gasteiger charge is -2.26. The summed E-state index contributed by atoms with van der Waals surface area (Å²) in [5, 5.41) is 11.3. The van der Waals surface area contributed by atoms with Gasteiger partial charge in [-0.15, -0.1) is 0 Å². The molecular formula is C26H31NO6. The summed E-state index contributed by atoms with van der Waals surface area (Å²) in [6.07, 6.45) is 0.627. The molecule has 1 fully saturated rings. The van der Waals surface area contributed by atoms with Crippen LogP contribution in [0.15, 0.2) is 48.0 Å². The number of carbonyl (C=O) groups excluding carboxylic acids is 2. The molecule has 1 atom stereocenters. The third-order valence-corrected chi connectivity index (χ3v) is 5.66. The van der Waals surface area contributed by atoms with Crippen LogP contribution in [0.4, 0.5) is 0 Å². The van der Waals surface area contributed by atoms with E-state index in [4.69, 9.17) is 14.2 Å². The average molecular weight is 454 g/mol. The van der Waals surface area contributed by atoms with Crippen molar-refractivity contribution in [1.82, 2.24) is 4.90 Å². The third-order valence-electron chi connectivity index (χ3n) is 5.66. The Balaban J connectivity index is 2.11. The lowest BCUT2D eigenvalue weighted by Crippen LogP contribution is -2.31. The molecule has 1 amide bonds. The number of ether oxygens (including phenoxy) is 3. The van der Waals surface area contributed by atoms with Crippen molar-refractivity contribution in [2.75, 3.05) is 27.4 Å². The Labute approximate surface area is 194 Å². The van der Waals surface area contributed by atoms with Gasteiger partial charge in [-0.25, -0.2) is 0 Å². The second-order valence-electron chi connectivity index (χ2n) is 8.19. The Kier molecular flexibility index (Phi) is 7.76. The van der Waals surface area contributed by atoms with Crippen molar-refractivity contribution in [2.24, 2.45) is 0 Å². The van der Waals surface area contributed by atoms with Gasteiger partial charge in [0.15, 0.2) is 0 Å². The van der Waals surface area contributed by atoms with Crippen molar-refractivity contribution in [3.63, 3.8) is 0 Å². The van der Waals surface area contributed by atoms with E-state index in [0.717, 1.165) is 5.56 Å². The van der Waals surface area contributed by atoms with Gasteiger partial charge in [0.1, 0.15) is 17.3 Å². The summed E-state index contributed by atoms with van der Waals surface area (Å²) in [6, 6.07) is 11.6. The largest absolute Gasteiger partial charge is 0.507 e.